The summed E-state index contributed by atoms with van der Waals surface area (Å²) in [6, 6.07) is 14.2. The van der Waals surface area contributed by atoms with Crippen molar-refractivity contribution in [2.24, 2.45) is 5.41 Å². The van der Waals surface area contributed by atoms with Crippen LogP contribution in [0.5, 0.6) is 23.0 Å². The van der Waals surface area contributed by atoms with Gasteiger partial charge in [0.1, 0.15) is 29.9 Å². The van der Waals surface area contributed by atoms with Crippen molar-refractivity contribution in [2.45, 2.75) is 40.0 Å². The summed E-state index contributed by atoms with van der Waals surface area (Å²) in [5, 5.41) is 5.81. The average molecular weight is 741 g/mol. The molecule has 4 aromatic rings. The Labute approximate surface area is 301 Å². The Balaban J connectivity index is 1.27. The Kier molecular flexibility index (Phi) is 12.8. The molecule has 0 saturated heterocycles. The van der Waals surface area contributed by atoms with Gasteiger partial charge in [0.2, 0.25) is 11.8 Å². The lowest BCUT2D eigenvalue weighted by atomic mass is 10.0. The predicted octanol–water partition coefficient (Wildman–Crippen LogP) is 7.99. The Morgan fingerprint density at radius 1 is 0.846 bits per heavy atom. The molecule has 1 fully saturated rings. The first-order valence-electron chi connectivity index (χ1n) is 17.1. The molecule has 2 amide bonds. The monoisotopic (exact) mass is 740 g/mol. The number of hydrogen-bond acceptors (Lipinski definition) is 10. The van der Waals surface area contributed by atoms with Crippen LogP contribution >= 0.6 is 7.60 Å². The van der Waals surface area contributed by atoms with Crippen molar-refractivity contribution < 1.29 is 46.2 Å². The van der Waals surface area contributed by atoms with E-state index in [2.05, 4.69) is 15.6 Å². The van der Waals surface area contributed by atoms with Crippen molar-refractivity contribution in [2.75, 3.05) is 56.9 Å². The van der Waals surface area contributed by atoms with Gasteiger partial charge in [-0.1, -0.05) is 6.92 Å². The number of pyridine rings is 1. The van der Waals surface area contributed by atoms with Crippen LogP contribution in [-0.4, -0.2) is 68.0 Å². The molecule has 2 N–H and O–H groups in total. The minimum absolute atomic E-state index is 0.109. The third-order valence-corrected chi connectivity index (χ3v) is 10.4. The van der Waals surface area contributed by atoms with E-state index in [1.165, 1.54) is 49.7 Å². The number of methoxy groups -OCH3 is 1. The molecule has 0 atom stereocenters. The summed E-state index contributed by atoms with van der Waals surface area (Å²) in [5.41, 5.74) is -0.283. The maximum absolute atomic E-state index is 15.4. The molecule has 278 valence electrons. The number of anilines is 2. The maximum Gasteiger partial charge on any atom is 0.344 e. The quantitative estimate of drug-likeness (QED) is 0.0719. The largest absolute Gasteiger partial charge is 0.493 e. The third kappa shape index (κ3) is 9.43. The number of nitrogens with zero attached hydrogens (tertiary/aromatic N) is 2. The highest BCUT2D eigenvalue weighted by Crippen LogP contribution is 2.49. The summed E-state index contributed by atoms with van der Waals surface area (Å²) in [5.74, 6) is -1.27. The number of carbonyl (C=O) groups excluding carboxylic acids is 2. The van der Waals surface area contributed by atoms with Gasteiger partial charge in [-0.25, -0.2) is 8.78 Å². The highest BCUT2D eigenvalue weighted by Gasteiger charge is 2.56. The van der Waals surface area contributed by atoms with Crippen LogP contribution in [0, 0.1) is 17.0 Å². The molecule has 1 saturated carbocycles. The van der Waals surface area contributed by atoms with Crippen LogP contribution in [0.15, 0.2) is 66.9 Å². The van der Waals surface area contributed by atoms with Gasteiger partial charge < -0.3 is 33.9 Å². The molecule has 1 aromatic heterocycles. The van der Waals surface area contributed by atoms with Crippen LogP contribution in [-0.2, 0) is 23.2 Å². The highest BCUT2D eigenvalue weighted by molar-refractivity contribution is 7.53. The molecule has 0 radical (unpaired) electrons. The van der Waals surface area contributed by atoms with Gasteiger partial charge >= 0.3 is 7.60 Å². The standard InChI is InChI=1S/C37H43F2N4O8P/c1-5-18-43(24-52(46,49-6-2)50-7-3)19-20-48-34-22-28-30(23-33(34)47-4)40-17-14-31(28)51-32-13-12-27(21-29(32)39)42-36(45)37(15-16-37)35(44)41-26-10-8-25(38)9-11-26/h8-14,17,21-23H,5-7,15-16,18-20,24H2,1-4H3,(H,41,44)(H,42,45). The molecule has 1 aliphatic rings. The minimum Gasteiger partial charge on any atom is -0.493 e. The fourth-order valence-electron chi connectivity index (χ4n) is 5.60. The number of nitrogens with one attached hydrogen (secondary N) is 2. The first-order valence-corrected chi connectivity index (χ1v) is 18.8. The zero-order chi connectivity index (χ0) is 37.3. The van der Waals surface area contributed by atoms with Crippen LogP contribution in [0.2, 0.25) is 0 Å². The topological polar surface area (TPSA) is 138 Å². The first kappa shape index (κ1) is 38.6. The highest BCUT2D eigenvalue weighted by atomic mass is 31.2. The molecule has 1 aliphatic carbocycles. The third-order valence-electron chi connectivity index (χ3n) is 8.35. The van der Waals surface area contributed by atoms with Crippen molar-refractivity contribution in [1.29, 1.82) is 0 Å². The number of ether oxygens (including phenoxy) is 3. The Morgan fingerprint density at radius 3 is 2.13 bits per heavy atom. The van der Waals surface area contributed by atoms with Crippen molar-refractivity contribution >= 4 is 41.7 Å². The summed E-state index contributed by atoms with van der Waals surface area (Å²) in [6.45, 7) is 7.43. The fraction of sp³-hybridized carbons (Fsp3) is 0.378. The molecule has 0 unspecified atom stereocenters. The van der Waals surface area contributed by atoms with E-state index in [-0.39, 0.29) is 37.5 Å². The fourth-order valence-corrected chi connectivity index (χ4v) is 7.40. The number of benzene rings is 3. The number of rotatable bonds is 19. The van der Waals surface area contributed by atoms with E-state index >= 15 is 4.39 Å². The number of halogens is 2. The molecule has 3 aromatic carbocycles. The predicted molar refractivity (Wildman–Crippen MR) is 193 cm³/mol. The van der Waals surface area contributed by atoms with Gasteiger partial charge in [0.15, 0.2) is 23.1 Å². The lowest BCUT2D eigenvalue weighted by Gasteiger charge is -2.26. The second kappa shape index (κ2) is 17.3. The SMILES string of the molecule is CCCN(CCOc1cc2c(Oc3ccc(NC(=O)C4(C(=O)Nc5ccc(F)cc5)CC4)cc3F)ccnc2cc1OC)CP(=O)(OCC)OCC. The summed E-state index contributed by atoms with van der Waals surface area (Å²) in [7, 11) is -1.79. The normalized spacial score (nSPS) is 13.5. The zero-order valence-electron chi connectivity index (χ0n) is 29.6. The average Bonchev–Trinajstić information content (AvgIpc) is 3.93. The van der Waals surface area contributed by atoms with E-state index in [1.54, 1.807) is 32.0 Å². The Hall–Kier alpha value is -4.62. The van der Waals surface area contributed by atoms with Crippen molar-refractivity contribution in [3.63, 3.8) is 0 Å². The number of aromatic nitrogens is 1. The van der Waals surface area contributed by atoms with Gasteiger partial charge in [0.05, 0.1) is 25.8 Å². The van der Waals surface area contributed by atoms with Gasteiger partial charge in [-0.3, -0.25) is 24.0 Å². The van der Waals surface area contributed by atoms with Gasteiger partial charge in [0, 0.05) is 41.6 Å². The summed E-state index contributed by atoms with van der Waals surface area (Å²) < 4.78 is 70.5. The molecular formula is C37H43F2N4O8P. The number of carbonyl (C=O) groups is 2. The molecule has 5 rings (SSSR count). The first-order chi connectivity index (χ1) is 25.0. The molecule has 15 heteroatoms. The van der Waals surface area contributed by atoms with Gasteiger partial charge in [-0.2, -0.15) is 0 Å². The smallest absolute Gasteiger partial charge is 0.344 e. The molecule has 12 nitrogen and oxygen atoms in total. The second-order valence-corrected chi connectivity index (χ2v) is 14.1. The molecule has 0 aliphatic heterocycles. The van der Waals surface area contributed by atoms with Gasteiger partial charge in [-0.05, 0) is 88.2 Å². The van der Waals surface area contributed by atoms with Crippen LogP contribution < -0.4 is 24.8 Å². The van der Waals surface area contributed by atoms with Crippen molar-refractivity contribution in [1.82, 2.24) is 9.88 Å². The van der Waals surface area contributed by atoms with E-state index in [0.29, 0.717) is 59.8 Å². The van der Waals surface area contributed by atoms with Crippen LogP contribution in [0.1, 0.15) is 40.0 Å². The van der Waals surface area contributed by atoms with E-state index in [0.717, 1.165) is 12.5 Å². The van der Waals surface area contributed by atoms with Gasteiger partial charge in [0.25, 0.3) is 0 Å². The zero-order valence-corrected chi connectivity index (χ0v) is 30.5. The summed E-state index contributed by atoms with van der Waals surface area (Å²) in [6.07, 6.45) is 3.12. The Morgan fingerprint density at radius 2 is 1.52 bits per heavy atom. The molecular weight excluding hydrogens is 697 g/mol. The van der Waals surface area contributed by atoms with Crippen LogP contribution in [0.25, 0.3) is 10.9 Å². The number of fused-ring (bicyclic) bond motifs is 1. The van der Waals surface area contributed by atoms with Crippen molar-refractivity contribution in [3.8, 4) is 23.0 Å². The number of hydrogen-bond donors (Lipinski definition) is 2. The van der Waals surface area contributed by atoms with E-state index in [4.69, 9.17) is 23.3 Å². The summed E-state index contributed by atoms with van der Waals surface area (Å²) in [4.78, 5) is 32.4. The number of amides is 2. The Bertz CT molecular complexity index is 1920. The van der Waals surface area contributed by atoms with E-state index in [1.807, 2.05) is 11.8 Å². The molecule has 0 spiro atoms. The van der Waals surface area contributed by atoms with Crippen LogP contribution in [0.4, 0.5) is 20.2 Å². The minimum atomic E-state index is -3.30. The molecule has 52 heavy (non-hydrogen) atoms. The lowest BCUT2D eigenvalue weighted by molar-refractivity contribution is -0.131. The lowest BCUT2D eigenvalue weighted by Crippen LogP contribution is -2.35. The van der Waals surface area contributed by atoms with Crippen molar-refractivity contribution in [3.05, 3.63) is 78.5 Å². The second-order valence-electron chi connectivity index (χ2n) is 12.1. The molecule has 0 bridgehead atoms. The van der Waals surface area contributed by atoms with Gasteiger partial charge in [-0.15, -0.1) is 0 Å². The van der Waals surface area contributed by atoms with E-state index in [9.17, 15) is 18.5 Å². The summed E-state index contributed by atoms with van der Waals surface area (Å²) >= 11 is 0. The maximum atomic E-state index is 15.4. The van der Waals surface area contributed by atoms with Crippen LogP contribution in [0.3, 0.4) is 0 Å². The molecule has 1 heterocycles. The van der Waals surface area contributed by atoms with E-state index < -0.39 is 36.5 Å².